The zero-order valence-electron chi connectivity index (χ0n) is 12.1. The van der Waals surface area contributed by atoms with Gasteiger partial charge in [0.25, 0.3) is 0 Å². The van der Waals surface area contributed by atoms with E-state index in [1.165, 1.54) is 0 Å². The maximum absolute atomic E-state index is 11.5. The number of hydrogen-bond donors (Lipinski definition) is 2. The van der Waals surface area contributed by atoms with Crippen molar-refractivity contribution in [1.82, 2.24) is 14.3 Å². The third-order valence-electron chi connectivity index (χ3n) is 4.03. The van der Waals surface area contributed by atoms with Crippen LogP contribution in [-0.4, -0.2) is 51.0 Å². The van der Waals surface area contributed by atoms with E-state index in [1.54, 1.807) is 10.6 Å². The van der Waals surface area contributed by atoms with Gasteiger partial charge >= 0.3 is 5.97 Å². The van der Waals surface area contributed by atoms with Crippen LogP contribution in [0.3, 0.4) is 0 Å². The van der Waals surface area contributed by atoms with Crippen molar-refractivity contribution in [3.63, 3.8) is 0 Å². The number of hydrogen-bond acceptors (Lipinski definition) is 4. The molecule has 0 amide bonds. The van der Waals surface area contributed by atoms with E-state index in [9.17, 15) is 9.90 Å². The van der Waals surface area contributed by atoms with Gasteiger partial charge in [0.05, 0.1) is 0 Å². The number of nitrogens with zero attached hydrogens (tertiary/aromatic N) is 3. The number of likely N-dealkylation sites (tertiary alicyclic amines) is 1. The Balaban J connectivity index is 1.89. The highest BCUT2D eigenvalue weighted by atomic mass is 16.4. The van der Waals surface area contributed by atoms with E-state index in [-0.39, 0.29) is 11.7 Å². The maximum Gasteiger partial charge on any atom is 0.356 e. The molecule has 21 heavy (non-hydrogen) atoms. The van der Waals surface area contributed by atoms with Crippen LogP contribution in [0.4, 0.5) is 5.82 Å². The van der Waals surface area contributed by atoms with Crippen LogP contribution >= 0.6 is 0 Å². The zero-order valence-corrected chi connectivity index (χ0v) is 12.1. The highest BCUT2D eigenvalue weighted by Crippen LogP contribution is 2.21. The molecule has 1 aliphatic heterocycles. The van der Waals surface area contributed by atoms with Gasteiger partial charge in [-0.15, -0.1) is 0 Å². The number of likely N-dealkylation sites (N-methyl/N-ethyl adjacent to an activating group) is 1. The van der Waals surface area contributed by atoms with Crippen LogP contribution in [0.1, 0.15) is 30.3 Å². The molecule has 1 atom stereocenters. The first-order valence-corrected chi connectivity index (χ1v) is 7.38. The Morgan fingerprint density at radius 3 is 3.14 bits per heavy atom. The monoisotopic (exact) mass is 288 g/mol. The number of fused-ring (bicyclic) bond motifs is 1. The SMILES string of the molecule is CCN1CCCC(Nc2nc3ccccn3c2C(=O)O)C1. The fourth-order valence-corrected chi connectivity index (χ4v) is 2.95. The van der Waals surface area contributed by atoms with Gasteiger partial charge in [0.2, 0.25) is 0 Å². The zero-order chi connectivity index (χ0) is 14.8. The van der Waals surface area contributed by atoms with Crippen molar-refractivity contribution in [2.24, 2.45) is 0 Å². The molecular formula is C15H20N4O2. The third-order valence-corrected chi connectivity index (χ3v) is 4.03. The van der Waals surface area contributed by atoms with Gasteiger partial charge < -0.3 is 15.3 Å². The summed E-state index contributed by atoms with van der Waals surface area (Å²) in [6.45, 7) is 5.22. The van der Waals surface area contributed by atoms with E-state index in [4.69, 9.17) is 0 Å². The summed E-state index contributed by atoms with van der Waals surface area (Å²) < 4.78 is 1.62. The van der Waals surface area contributed by atoms with Crippen LogP contribution in [0, 0.1) is 0 Å². The minimum Gasteiger partial charge on any atom is -0.476 e. The second-order valence-electron chi connectivity index (χ2n) is 5.42. The number of aromatic carboxylic acids is 1. The van der Waals surface area contributed by atoms with Crippen molar-refractivity contribution in [3.05, 3.63) is 30.1 Å². The van der Waals surface area contributed by atoms with Crippen LogP contribution in [0.2, 0.25) is 0 Å². The van der Waals surface area contributed by atoms with Gasteiger partial charge in [-0.3, -0.25) is 4.40 Å². The molecule has 2 aromatic rings. The average molecular weight is 288 g/mol. The molecule has 0 spiro atoms. The molecule has 2 aromatic heterocycles. The summed E-state index contributed by atoms with van der Waals surface area (Å²) in [6.07, 6.45) is 3.90. The Kier molecular flexibility index (Phi) is 3.79. The lowest BCUT2D eigenvalue weighted by Gasteiger charge is -2.32. The molecule has 0 radical (unpaired) electrons. The topological polar surface area (TPSA) is 69.9 Å². The second kappa shape index (κ2) is 5.73. The van der Waals surface area contributed by atoms with E-state index in [1.807, 2.05) is 18.2 Å². The normalized spacial score (nSPS) is 19.8. The van der Waals surface area contributed by atoms with Gasteiger partial charge in [0, 0.05) is 18.8 Å². The molecular weight excluding hydrogens is 268 g/mol. The molecule has 2 N–H and O–H groups in total. The average Bonchev–Trinajstić information content (AvgIpc) is 2.85. The molecule has 0 saturated carbocycles. The number of aromatic nitrogens is 2. The summed E-state index contributed by atoms with van der Waals surface area (Å²) in [4.78, 5) is 18.4. The molecule has 3 rings (SSSR count). The fourth-order valence-electron chi connectivity index (χ4n) is 2.95. The predicted molar refractivity (Wildman–Crippen MR) is 80.9 cm³/mol. The minimum absolute atomic E-state index is 0.208. The number of rotatable bonds is 4. The van der Waals surface area contributed by atoms with Crippen molar-refractivity contribution in [2.75, 3.05) is 25.0 Å². The van der Waals surface area contributed by atoms with Gasteiger partial charge in [-0.2, -0.15) is 0 Å². The molecule has 1 unspecified atom stereocenters. The second-order valence-corrected chi connectivity index (χ2v) is 5.42. The minimum atomic E-state index is -0.959. The summed E-state index contributed by atoms with van der Waals surface area (Å²) in [5, 5.41) is 12.8. The van der Waals surface area contributed by atoms with Crippen molar-refractivity contribution in [1.29, 1.82) is 0 Å². The number of piperidine rings is 1. The number of carbonyl (C=O) groups is 1. The largest absolute Gasteiger partial charge is 0.476 e. The number of carboxylic acid groups (broad SMARTS) is 1. The number of carboxylic acids is 1. The Morgan fingerprint density at radius 1 is 1.52 bits per heavy atom. The van der Waals surface area contributed by atoms with E-state index in [2.05, 4.69) is 22.1 Å². The highest BCUT2D eigenvalue weighted by Gasteiger charge is 2.23. The Bertz CT molecular complexity index is 652. The van der Waals surface area contributed by atoms with Gasteiger partial charge in [0.15, 0.2) is 11.5 Å². The Hall–Kier alpha value is -2.08. The van der Waals surface area contributed by atoms with Crippen molar-refractivity contribution < 1.29 is 9.90 Å². The number of imidazole rings is 1. The van der Waals surface area contributed by atoms with Crippen LogP contribution in [0.15, 0.2) is 24.4 Å². The molecule has 3 heterocycles. The molecule has 6 nitrogen and oxygen atoms in total. The standard InChI is InChI=1S/C15H20N4O2/c1-2-18-8-5-6-11(10-18)16-14-13(15(20)21)19-9-4-3-7-12(19)17-14/h3-4,7,9,11,16H,2,5-6,8,10H2,1H3,(H,20,21). The predicted octanol–water partition coefficient (Wildman–Crippen LogP) is 1.93. The molecule has 0 aliphatic carbocycles. The first kappa shape index (κ1) is 13.9. The van der Waals surface area contributed by atoms with Crippen molar-refractivity contribution in [2.45, 2.75) is 25.8 Å². The molecule has 1 saturated heterocycles. The van der Waals surface area contributed by atoms with Gasteiger partial charge in [-0.1, -0.05) is 13.0 Å². The van der Waals surface area contributed by atoms with Crippen LogP contribution in [0.5, 0.6) is 0 Å². The van der Waals surface area contributed by atoms with Crippen LogP contribution in [-0.2, 0) is 0 Å². The quantitative estimate of drug-likeness (QED) is 0.899. The van der Waals surface area contributed by atoms with E-state index in [0.717, 1.165) is 32.5 Å². The van der Waals surface area contributed by atoms with E-state index >= 15 is 0 Å². The van der Waals surface area contributed by atoms with Gasteiger partial charge in [-0.25, -0.2) is 9.78 Å². The van der Waals surface area contributed by atoms with Crippen molar-refractivity contribution >= 4 is 17.4 Å². The van der Waals surface area contributed by atoms with Crippen molar-refractivity contribution in [3.8, 4) is 0 Å². The number of nitrogens with one attached hydrogen (secondary N) is 1. The Labute approximate surface area is 123 Å². The lowest BCUT2D eigenvalue weighted by atomic mass is 10.1. The summed E-state index contributed by atoms with van der Waals surface area (Å²) in [6, 6.07) is 5.74. The van der Waals surface area contributed by atoms with Crippen LogP contribution < -0.4 is 5.32 Å². The number of pyridine rings is 1. The lowest BCUT2D eigenvalue weighted by molar-refractivity contribution is 0.0690. The molecule has 1 aliphatic rings. The summed E-state index contributed by atoms with van der Waals surface area (Å²) in [7, 11) is 0. The molecule has 0 bridgehead atoms. The first-order chi connectivity index (χ1) is 10.2. The summed E-state index contributed by atoms with van der Waals surface area (Å²) >= 11 is 0. The molecule has 6 heteroatoms. The lowest BCUT2D eigenvalue weighted by Crippen LogP contribution is -2.42. The molecule has 0 aromatic carbocycles. The maximum atomic E-state index is 11.5. The first-order valence-electron chi connectivity index (χ1n) is 7.38. The molecule has 1 fully saturated rings. The fraction of sp³-hybridized carbons (Fsp3) is 0.467. The van der Waals surface area contributed by atoms with E-state index in [0.29, 0.717) is 11.5 Å². The highest BCUT2D eigenvalue weighted by molar-refractivity contribution is 5.93. The smallest absolute Gasteiger partial charge is 0.356 e. The van der Waals surface area contributed by atoms with Crippen LogP contribution in [0.25, 0.3) is 5.65 Å². The number of anilines is 1. The van der Waals surface area contributed by atoms with Gasteiger partial charge in [0.1, 0.15) is 5.65 Å². The summed E-state index contributed by atoms with van der Waals surface area (Å²) in [5.74, 6) is -0.490. The summed E-state index contributed by atoms with van der Waals surface area (Å²) in [5.41, 5.74) is 0.861. The van der Waals surface area contributed by atoms with Gasteiger partial charge in [-0.05, 0) is 38.1 Å². The Morgan fingerprint density at radius 2 is 2.38 bits per heavy atom. The van der Waals surface area contributed by atoms with E-state index < -0.39 is 5.97 Å². The molecule has 112 valence electrons. The third kappa shape index (κ3) is 2.71.